The Balaban J connectivity index is 1.64. The van der Waals surface area contributed by atoms with Crippen LogP contribution in [0.3, 0.4) is 0 Å². The predicted molar refractivity (Wildman–Crippen MR) is 72.6 cm³/mol. The summed E-state index contributed by atoms with van der Waals surface area (Å²) in [6.07, 6.45) is 2.09. The highest BCUT2D eigenvalue weighted by Crippen LogP contribution is 2.37. The summed E-state index contributed by atoms with van der Waals surface area (Å²) in [7, 11) is 0. The average Bonchev–Trinajstić information content (AvgIpc) is 3.07. The zero-order valence-corrected chi connectivity index (χ0v) is 11.4. The van der Waals surface area contributed by atoms with E-state index in [0.29, 0.717) is 26.1 Å². The van der Waals surface area contributed by atoms with Crippen molar-refractivity contribution in [2.24, 2.45) is 5.41 Å². The molecule has 21 heavy (non-hydrogen) atoms. The summed E-state index contributed by atoms with van der Waals surface area (Å²) in [5, 5.41) is 13.5. The third-order valence-electron chi connectivity index (χ3n) is 4.41. The maximum atomic E-state index is 12.3. The fraction of sp³-hybridized carbons (Fsp3) is 0.538. The number of hydrogen-bond acceptors (Lipinski definition) is 4. The van der Waals surface area contributed by atoms with Gasteiger partial charge in [-0.05, 0) is 29.2 Å². The predicted octanol–water partition coefficient (Wildman–Crippen LogP) is 0.665. The quantitative estimate of drug-likeness (QED) is 0.616. The van der Waals surface area contributed by atoms with E-state index in [1.165, 1.54) is 12.1 Å². The van der Waals surface area contributed by atoms with E-state index in [1.54, 1.807) is 4.90 Å². The third kappa shape index (κ3) is 2.48. The van der Waals surface area contributed by atoms with Crippen molar-refractivity contribution in [3.63, 3.8) is 0 Å². The number of H-pyrrole nitrogens is 1. The number of carbonyl (C=O) groups is 2. The summed E-state index contributed by atoms with van der Waals surface area (Å²) in [5.74, 6) is -0.331. The molecule has 8 nitrogen and oxygen atoms in total. The summed E-state index contributed by atoms with van der Waals surface area (Å²) in [6, 6.07) is 2.73. The minimum Gasteiger partial charge on any atom is -0.358 e. The van der Waals surface area contributed by atoms with E-state index in [1.807, 2.05) is 0 Å². The Morgan fingerprint density at radius 3 is 2.57 bits per heavy atom. The van der Waals surface area contributed by atoms with Crippen LogP contribution in [0.2, 0.25) is 0 Å². The first kappa shape index (κ1) is 13.6. The number of rotatable bonds is 2. The lowest BCUT2D eigenvalue weighted by Crippen LogP contribution is -2.44. The van der Waals surface area contributed by atoms with Crippen LogP contribution in [0.5, 0.6) is 0 Å². The van der Waals surface area contributed by atoms with E-state index in [0.717, 1.165) is 12.8 Å². The van der Waals surface area contributed by atoms with Crippen molar-refractivity contribution < 1.29 is 14.5 Å². The minimum absolute atomic E-state index is 0.0183. The summed E-state index contributed by atoms with van der Waals surface area (Å²) in [4.78, 5) is 37.9. The minimum atomic E-state index is -0.558. The maximum Gasteiger partial charge on any atom is 0.321 e. The first-order chi connectivity index (χ1) is 9.99. The molecule has 0 aliphatic carbocycles. The molecule has 2 saturated heterocycles. The van der Waals surface area contributed by atoms with Gasteiger partial charge in [-0.25, -0.2) is 4.98 Å². The van der Waals surface area contributed by atoms with E-state index in [9.17, 15) is 19.7 Å². The molecule has 1 spiro atoms. The van der Waals surface area contributed by atoms with Gasteiger partial charge >= 0.3 is 5.82 Å². The SMILES string of the molecule is O=C1CC2(CCN(C(=O)c3ccc([N+](=O)[O-])[nH]3)CC2)CN1. The van der Waals surface area contributed by atoms with Gasteiger partial charge in [0.15, 0.2) is 5.69 Å². The Morgan fingerprint density at radius 2 is 2.05 bits per heavy atom. The molecule has 0 aromatic carbocycles. The normalized spacial score (nSPS) is 20.6. The number of carbonyl (C=O) groups excluding carboxylic acids is 2. The van der Waals surface area contributed by atoms with Gasteiger partial charge < -0.3 is 20.3 Å². The molecular formula is C13H16N4O4. The number of aromatic amines is 1. The first-order valence-electron chi connectivity index (χ1n) is 6.89. The molecule has 2 N–H and O–H groups in total. The van der Waals surface area contributed by atoms with Crippen molar-refractivity contribution in [1.29, 1.82) is 0 Å². The van der Waals surface area contributed by atoms with Crippen LogP contribution in [-0.4, -0.2) is 46.3 Å². The maximum absolute atomic E-state index is 12.3. The van der Waals surface area contributed by atoms with Gasteiger partial charge in [-0.15, -0.1) is 0 Å². The molecule has 0 atom stereocenters. The zero-order chi connectivity index (χ0) is 15.0. The topological polar surface area (TPSA) is 108 Å². The van der Waals surface area contributed by atoms with E-state index in [-0.39, 0.29) is 28.7 Å². The van der Waals surface area contributed by atoms with Crippen LogP contribution in [0.4, 0.5) is 5.82 Å². The summed E-state index contributed by atoms with van der Waals surface area (Å²) in [5.41, 5.74) is 0.216. The van der Waals surface area contributed by atoms with Crippen LogP contribution in [0, 0.1) is 15.5 Å². The lowest BCUT2D eigenvalue weighted by molar-refractivity contribution is -0.389. The van der Waals surface area contributed by atoms with E-state index in [2.05, 4.69) is 10.3 Å². The van der Waals surface area contributed by atoms with Gasteiger partial charge in [-0.2, -0.15) is 0 Å². The summed E-state index contributed by atoms with van der Waals surface area (Å²) in [6.45, 7) is 1.82. The second-order valence-electron chi connectivity index (χ2n) is 5.76. The fourth-order valence-corrected chi connectivity index (χ4v) is 3.07. The highest BCUT2D eigenvalue weighted by molar-refractivity contribution is 5.93. The summed E-state index contributed by atoms with van der Waals surface area (Å²) >= 11 is 0. The molecule has 3 heterocycles. The molecule has 2 aliphatic heterocycles. The third-order valence-corrected chi connectivity index (χ3v) is 4.41. The van der Waals surface area contributed by atoms with Gasteiger partial charge in [0.25, 0.3) is 5.91 Å². The van der Waals surface area contributed by atoms with Crippen LogP contribution in [0.1, 0.15) is 29.8 Å². The number of piperidine rings is 1. The molecular weight excluding hydrogens is 276 g/mol. The largest absolute Gasteiger partial charge is 0.358 e. The van der Waals surface area contributed by atoms with Crippen molar-refractivity contribution in [3.05, 3.63) is 27.9 Å². The monoisotopic (exact) mass is 292 g/mol. The van der Waals surface area contributed by atoms with Crippen LogP contribution in [0.15, 0.2) is 12.1 Å². The molecule has 0 saturated carbocycles. The van der Waals surface area contributed by atoms with Gasteiger partial charge in [0, 0.05) is 32.1 Å². The molecule has 0 unspecified atom stereocenters. The number of likely N-dealkylation sites (tertiary alicyclic amines) is 1. The molecule has 0 bridgehead atoms. The Morgan fingerprint density at radius 1 is 1.33 bits per heavy atom. The van der Waals surface area contributed by atoms with Gasteiger partial charge in [0.1, 0.15) is 0 Å². The van der Waals surface area contributed by atoms with Crippen LogP contribution in [0.25, 0.3) is 0 Å². The number of nitro groups is 1. The van der Waals surface area contributed by atoms with Crippen molar-refractivity contribution in [2.75, 3.05) is 19.6 Å². The number of nitrogens with one attached hydrogen (secondary N) is 2. The zero-order valence-electron chi connectivity index (χ0n) is 11.4. The average molecular weight is 292 g/mol. The van der Waals surface area contributed by atoms with Gasteiger partial charge in [-0.1, -0.05) is 0 Å². The van der Waals surface area contributed by atoms with Crippen LogP contribution in [-0.2, 0) is 4.79 Å². The standard InChI is InChI=1S/C13H16N4O4/c18-11-7-13(8-14-11)3-5-16(6-4-13)12(19)9-1-2-10(15-9)17(20)21/h1-2,15H,3-8H2,(H,14,18). The smallest absolute Gasteiger partial charge is 0.321 e. The fourth-order valence-electron chi connectivity index (χ4n) is 3.07. The second kappa shape index (κ2) is 4.87. The Kier molecular flexibility index (Phi) is 3.15. The molecule has 0 radical (unpaired) electrons. The van der Waals surface area contributed by atoms with Crippen molar-refractivity contribution in [3.8, 4) is 0 Å². The Bertz CT molecular complexity index is 601. The van der Waals surface area contributed by atoms with E-state index < -0.39 is 4.92 Å². The molecule has 1 aromatic rings. The molecule has 112 valence electrons. The molecule has 1 aromatic heterocycles. The Hall–Kier alpha value is -2.38. The Labute approximate surface area is 120 Å². The molecule has 3 rings (SSSR count). The lowest BCUT2D eigenvalue weighted by atomic mass is 9.77. The first-order valence-corrected chi connectivity index (χ1v) is 6.89. The number of nitrogens with zero attached hydrogens (tertiary/aromatic N) is 2. The van der Waals surface area contributed by atoms with Crippen molar-refractivity contribution in [1.82, 2.24) is 15.2 Å². The number of amides is 2. The molecule has 2 aliphatic rings. The van der Waals surface area contributed by atoms with E-state index >= 15 is 0 Å². The van der Waals surface area contributed by atoms with Gasteiger partial charge in [-0.3, -0.25) is 9.59 Å². The van der Waals surface area contributed by atoms with E-state index in [4.69, 9.17) is 0 Å². The molecule has 2 fully saturated rings. The van der Waals surface area contributed by atoms with Gasteiger partial charge in [0.05, 0.1) is 0 Å². The highest BCUT2D eigenvalue weighted by atomic mass is 16.6. The van der Waals surface area contributed by atoms with Crippen LogP contribution < -0.4 is 5.32 Å². The lowest BCUT2D eigenvalue weighted by Gasteiger charge is -2.37. The second-order valence-corrected chi connectivity index (χ2v) is 5.76. The number of aromatic nitrogens is 1. The molecule has 8 heteroatoms. The highest BCUT2D eigenvalue weighted by Gasteiger charge is 2.42. The van der Waals surface area contributed by atoms with Crippen molar-refractivity contribution in [2.45, 2.75) is 19.3 Å². The van der Waals surface area contributed by atoms with Crippen LogP contribution >= 0.6 is 0 Å². The molecule has 2 amide bonds. The van der Waals surface area contributed by atoms with Gasteiger partial charge in [0.2, 0.25) is 5.91 Å². The van der Waals surface area contributed by atoms with Crippen molar-refractivity contribution >= 4 is 17.6 Å². The summed E-state index contributed by atoms with van der Waals surface area (Å²) < 4.78 is 0. The number of hydrogen-bond donors (Lipinski definition) is 2.